The summed E-state index contributed by atoms with van der Waals surface area (Å²) < 4.78 is 10.8. The van der Waals surface area contributed by atoms with E-state index in [1.54, 1.807) is 49.6 Å². The summed E-state index contributed by atoms with van der Waals surface area (Å²) in [6, 6.07) is 12.2. The third kappa shape index (κ3) is 4.04. The molecule has 2 aromatic carbocycles. The number of nitrogens with one attached hydrogen (secondary N) is 1. The quantitative estimate of drug-likeness (QED) is 0.658. The maximum atomic E-state index is 6.11. The van der Waals surface area contributed by atoms with E-state index >= 15 is 0 Å². The molecule has 0 spiro atoms. The lowest BCUT2D eigenvalue weighted by molar-refractivity contribution is 0.412. The number of nitrogens with zero attached hydrogens (tertiary/aromatic N) is 2. The second-order valence-corrected chi connectivity index (χ2v) is 5.79. The van der Waals surface area contributed by atoms with Crippen molar-refractivity contribution in [2.75, 3.05) is 18.2 Å². The molecular weight excluding hydrogens is 363 g/mol. The lowest BCUT2D eigenvalue weighted by atomic mass is 10.3. The largest absolute Gasteiger partial charge is 0.497 e. The van der Waals surface area contributed by atoms with Crippen molar-refractivity contribution in [1.29, 1.82) is 0 Å². The summed E-state index contributed by atoms with van der Waals surface area (Å²) in [6.45, 7) is 0. The Morgan fingerprint density at radius 2 is 1.68 bits per heavy atom. The molecule has 3 aromatic rings. The highest BCUT2D eigenvalue weighted by Gasteiger charge is 2.11. The van der Waals surface area contributed by atoms with Gasteiger partial charge in [-0.1, -0.05) is 23.2 Å². The summed E-state index contributed by atoms with van der Waals surface area (Å²) in [5.41, 5.74) is 7.06. The third-order valence-corrected chi connectivity index (χ3v) is 4.04. The van der Waals surface area contributed by atoms with Crippen LogP contribution in [0.2, 0.25) is 10.0 Å². The topological polar surface area (TPSA) is 82.3 Å². The number of halogens is 2. The molecule has 0 radical (unpaired) electrons. The summed E-state index contributed by atoms with van der Waals surface area (Å²) in [4.78, 5) is 8.21. The van der Waals surface area contributed by atoms with Crippen molar-refractivity contribution in [3.05, 3.63) is 58.8 Å². The zero-order valence-corrected chi connectivity index (χ0v) is 14.7. The number of nitrogen functional groups attached to an aromatic ring is 1. The van der Waals surface area contributed by atoms with Crippen LogP contribution in [0.3, 0.4) is 0 Å². The second-order valence-electron chi connectivity index (χ2n) is 4.97. The van der Waals surface area contributed by atoms with E-state index in [1.807, 2.05) is 0 Å². The van der Waals surface area contributed by atoms with E-state index in [0.29, 0.717) is 27.3 Å². The summed E-state index contributed by atoms with van der Waals surface area (Å²) in [5, 5.41) is 3.95. The van der Waals surface area contributed by atoms with Gasteiger partial charge in [-0.2, -0.15) is 4.98 Å². The van der Waals surface area contributed by atoms with Crippen LogP contribution < -0.4 is 20.5 Å². The van der Waals surface area contributed by atoms with Crippen LogP contribution in [0.1, 0.15) is 0 Å². The molecule has 8 heteroatoms. The molecule has 3 N–H and O–H groups in total. The van der Waals surface area contributed by atoms with Crippen LogP contribution in [-0.4, -0.2) is 17.1 Å². The van der Waals surface area contributed by atoms with E-state index in [-0.39, 0.29) is 11.6 Å². The van der Waals surface area contributed by atoms with Gasteiger partial charge < -0.3 is 20.5 Å². The minimum atomic E-state index is 0.239. The fourth-order valence-corrected chi connectivity index (χ4v) is 2.32. The smallest absolute Gasteiger partial charge is 0.248 e. The Kier molecular flexibility index (Phi) is 5.11. The number of rotatable bonds is 5. The monoisotopic (exact) mass is 376 g/mol. The first-order valence-electron chi connectivity index (χ1n) is 7.21. The molecule has 0 bridgehead atoms. The Morgan fingerprint density at radius 3 is 2.36 bits per heavy atom. The van der Waals surface area contributed by atoms with Crippen LogP contribution in [-0.2, 0) is 0 Å². The predicted octanol–water partition coefficient (Wildman–Crippen LogP) is 4.91. The van der Waals surface area contributed by atoms with Gasteiger partial charge in [-0.15, -0.1) is 0 Å². The minimum Gasteiger partial charge on any atom is -0.497 e. The standard InChI is InChI=1S/C17H14Cl2N4O2/c1-24-11-3-5-12(6-4-11)25-17-15(20)16(21-9-22-17)23-10-2-7-13(18)14(19)8-10/h2-9H,20H2,1H3,(H,21,22,23). The number of anilines is 3. The molecule has 0 saturated carbocycles. The van der Waals surface area contributed by atoms with E-state index in [2.05, 4.69) is 15.3 Å². The molecule has 128 valence electrons. The lowest BCUT2D eigenvalue weighted by Gasteiger charge is -2.12. The molecule has 0 saturated heterocycles. The molecule has 3 rings (SSSR count). The first-order valence-corrected chi connectivity index (χ1v) is 7.97. The zero-order valence-electron chi connectivity index (χ0n) is 13.2. The van der Waals surface area contributed by atoms with Crippen LogP contribution in [0.15, 0.2) is 48.8 Å². The normalized spacial score (nSPS) is 10.4. The predicted molar refractivity (Wildman–Crippen MR) is 99.3 cm³/mol. The Morgan fingerprint density at radius 1 is 0.960 bits per heavy atom. The highest BCUT2D eigenvalue weighted by atomic mass is 35.5. The SMILES string of the molecule is COc1ccc(Oc2ncnc(Nc3ccc(Cl)c(Cl)c3)c2N)cc1. The highest BCUT2D eigenvalue weighted by Crippen LogP contribution is 2.33. The van der Waals surface area contributed by atoms with Gasteiger partial charge in [0.15, 0.2) is 5.82 Å². The molecular formula is C17H14Cl2N4O2. The summed E-state index contributed by atoms with van der Waals surface area (Å²) in [6.07, 6.45) is 1.36. The molecule has 1 heterocycles. The molecule has 25 heavy (non-hydrogen) atoms. The number of hydrogen-bond donors (Lipinski definition) is 2. The van der Waals surface area contributed by atoms with E-state index in [0.717, 1.165) is 5.75 Å². The summed E-state index contributed by atoms with van der Waals surface area (Å²) in [7, 11) is 1.60. The number of hydrogen-bond acceptors (Lipinski definition) is 6. The van der Waals surface area contributed by atoms with Gasteiger partial charge in [0.25, 0.3) is 0 Å². The molecule has 0 aliphatic carbocycles. The van der Waals surface area contributed by atoms with Crippen LogP contribution in [0.5, 0.6) is 17.4 Å². The molecule has 0 fully saturated rings. The molecule has 0 aliphatic heterocycles. The van der Waals surface area contributed by atoms with Gasteiger partial charge in [-0.05, 0) is 42.5 Å². The average Bonchev–Trinajstić information content (AvgIpc) is 2.62. The first-order chi connectivity index (χ1) is 12.1. The molecule has 1 aromatic heterocycles. The van der Waals surface area contributed by atoms with Gasteiger partial charge in [0, 0.05) is 5.69 Å². The number of aromatic nitrogens is 2. The van der Waals surface area contributed by atoms with Crippen LogP contribution in [0.25, 0.3) is 0 Å². The first kappa shape index (κ1) is 17.1. The van der Waals surface area contributed by atoms with Gasteiger partial charge in [0.05, 0.1) is 17.2 Å². The van der Waals surface area contributed by atoms with E-state index < -0.39 is 0 Å². The van der Waals surface area contributed by atoms with Crippen molar-refractivity contribution in [3.8, 4) is 17.4 Å². The maximum Gasteiger partial charge on any atom is 0.248 e. The molecule has 6 nitrogen and oxygen atoms in total. The number of ether oxygens (including phenoxy) is 2. The Bertz CT molecular complexity index is 888. The van der Waals surface area contributed by atoms with Gasteiger partial charge in [-0.25, -0.2) is 4.98 Å². The van der Waals surface area contributed by atoms with E-state index in [9.17, 15) is 0 Å². The van der Waals surface area contributed by atoms with Gasteiger partial charge in [0.2, 0.25) is 5.88 Å². The van der Waals surface area contributed by atoms with Crippen molar-refractivity contribution in [2.45, 2.75) is 0 Å². The zero-order chi connectivity index (χ0) is 17.8. The lowest BCUT2D eigenvalue weighted by Crippen LogP contribution is -2.03. The van der Waals surface area contributed by atoms with Crippen molar-refractivity contribution in [1.82, 2.24) is 9.97 Å². The van der Waals surface area contributed by atoms with Crippen LogP contribution in [0.4, 0.5) is 17.2 Å². The summed E-state index contributed by atoms with van der Waals surface area (Å²) in [5.74, 6) is 1.94. The van der Waals surface area contributed by atoms with E-state index in [4.69, 9.17) is 38.4 Å². The van der Waals surface area contributed by atoms with Gasteiger partial charge >= 0.3 is 0 Å². The Labute approximate surface area is 154 Å². The van der Waals surface area contributed by atoms with Crippen molar-refractivity contribution in [2.24, 2.45) is 0 Å². The van der Waals surface area contributed by atoms with E-state index in [1.165, 1.54) is 6.33 Å². The fourth-order valence-electron chi connectivity index (χ4n) is 2.03. The maximum absolute atomic E-state index is 6.11. The average molecular weight is 377 g/mol. The Balaban J connectivity index is 1.82. The van der Waals surface area contributed by atoms with Gasteiger partial charge in [0.1, 0.15) is 23.5 Å². The molecule has 0 unspecified atom stereocenters. The van der Waals surface area contributed by atoms with Crippen molar-refractivity contribution in [3.63, 3.8) is 0 Å². The number of benzene rings is 2. The molecule has 0 aliphatic rings. The molecule has 0 atom stereocenters. The van der Waals surface area contributed by atoms with Crippen LogP contribution in [0, 0.1) is 0 Å². The number of methoxy groups -OCH3 is 1. The van der Waals surface area contributed by atoms with Crippen LogP contribution >= 0.6 is 23.2 Å². The Hall–Kier alpha value is -2.70. The minimum absolute atomic E-state index is 0.239. The highest BCUT2D eigenvalue weighted by molar-refractivity contribution is 6.42. The second kappa shape index (κ2) is 7.46. The third-order valence-electron chi connectivity index (χ3n) is 3.30. The molecule has 0 amide bonds. The van der Waals surface area contributed by atoms with Crippen molar-refractivity contribution >= 4 is 40.4 Å². The summed E-state index contributed by atoms with van der Waals surface area (Å²) >= 11 is 11.9. The fraction of sp³-hybridized carbons (Fsp3) is 0.0588. The number of nitrogens with two attached hydrogens (primary N) is 1. The van der Waals surface area contributed by atoms with Crippen molar-refractivity contribution < 1.29 is 9.47 Å². The van der Waals surface area contributed by atoms with Gasteiger partial charge in [-0.3, -0.25) is 0 Å².